The quantitative estimate of drug-likeness (QED) is 0.769. The zero-order valence-electron chi connectivity index (χ0n) is 14.1. The Bertz CT molecular complexity index is 924. The highest BCUT2D eigenvalue weighted by Gasteiger charge is 2.18. The maximum absolute atomic E-state index is 12.2. The van der Waals surface area contributed by atoms with Gasteiger partial charge in [0.2, 0.25) is 21.8 Å². The summed E-state index contributed by atoms with van der Waals surface area (Å²) in [6.07, 6.45) is 1.46. The van der Waals surface area contributed by atoms with E-state index in [0.717, 1.165) is 15.3 Å². The molecule has 2 aromatic rings. The summed E-state index contributed by atoms with van der Waals surface area (Å²) < 4.78 is 25.4. The molecule has 0 heterocycles. The van der Waals surface area contributed by atoms with Crippen molar-refractivity contribution in [2.75, 3.05) is 18.9 Å². The Morgan fingerprint density at radius 2 is 1.81 bits per heavy atom. The summed E-state index contributed by atoms with van der Waals surface area (Å²) in [7, 11) is -2.44. The van der Waals surface area contributed by atoms with Crippen molar-refractivity contribution < 1.29 is 18.0 Å². The molecule has 136 valence electrons. The molecule has 0 atom stereocenters. The van der Waals surface area contributed by atoms with Crippen molar-refractivity contribution in [3.8, 4) is 0 Å². The lowest BCUT2D eigenvalue weighted by atomic mass is 10.2. The fourth-order valence-electron chi connectivity index (χ4n) is 2.08. The number of rotatable bonds is 7. The van der Waals surface area contributed by atoms with Gasteiger partial charge in [-0.05, 0) is 29.8 Å². The van der Waals surface area contributed by atoms with Crippen molar-refractivity contribution >= 4 is 33.6 Å². The third-order valence-corrected chi connectivity index (χ3v) is 4.94. The minimum absolute atomic E-state index is 0.245. The zero-order valence-corrected chi connectivity index (χ0v) is 14.9. The van der Waals surface area contributed by atoms with Gasteiger partial charge in [-0.25, -0.2) is 8.42 Å². The third kappa shape index (κ3) is 5.54. The Kier molecular flexibility index (Phi) is 6.26. The molecule has 8 heteroatoms. The number of likely N-dealkylation sites (N-methyl/N-ethyl adjacent to an activating group) is 1. The van der Waals surface area contributed by atoms with Crippen LogP contribution in [0.4, 0.5) is 5.69 Å². The van der Waals surface area contributed by atoms with Crippen LogP contribution in [0.5, 0.6) is 0 Å². The zero-order chi connectivity index (χ0) is 19.2. The van der Waals surface area contributed by atoms with Gasteiger partial charge in [-0.2, -0.15) is 4.31 Å². The number of nitrogens with one attached hydrogen (secondary N) is 1. The molecule has 3 N–H and O–H groups in total. The predicted molar refractivity (Wildman–Crippen MR) is 101 cm³/mol. The van der Waals surface area contributed by atoms with Gasteiger partial charge in [0.25, 0.3) is 0 Å². The van der Waals surface area contributed by atoms with E-state index in [2.05, 4.69) is 5.32 Å². The highest BCUT2D eigenvalue weighted by Crippen LogP contribution is 2.11. The highest BCUT2D eigenvalue weighted by molar-refractivity contribution is 7.92. The number of hydrogen-bond donors (Lipinski definition) is 2. The fourth-order valence-corrected chi connectivity index (χ4v) is 2.91. The van der Waals surface area contributed by atoms with Crippen molar-refractivity contribution in [1.29, 1.82) is 0 Å². The Labute approximate surface area is 152 Å². The molecular weight excluding hydrogens is 354 g/mol. The van der Waals surface area contributed by atoms with E-state index in [1.165, 1.54) is 25.3 Å². The first-order valence-electron chi connectivity index (χ1n) is 7.67. The molecule has 2 amide bonds. The number of sulfonamides is 1. The lowest BCUT2D eigenvalue weighted by molar-refractivity contribution is -0.116. The average Bonchev–Trinajstić information content (AvgIpc) is 2.61. The molecule has 0 aliphatic carbocycles. The molecule has 0 spiro atoms. The van der Waals surface area contributed by atoms with E-state index in [1.54, 1.807) is 36.4 Å². The Morgan fingerprint density at radius 1 is 1.12 bits per heavy atom. The summed E-state index contributed by atoms with van der Waals surface area (Å²) in [6, 6.07) is 15.0. The van der Waals surface area contributed by atoms with E-state index >= 15 is 0 Å². The van der Waals surface area contributed by atoms with Crippen LogP contribution in [0.1, 0.15) is 15.9 Å². The number of carbonyl (C=O) groups excluding carboxylic acids is 2. The van der Waals surface area contributed by atoms with Gasteiger partial charge >= 0.3 is 0 Å². The summed E-state index contributed by atoms with van der Waals surface area (Å²) >= 11 is 0. The van der Waals surface area contributed by atoms with E-state index in [1.807, 2.05) is 6.07 Å². The van der Waals surface area contributed by atoms with Crippen molar-refractivity contribution in [3.63, 3.8) is 0 Å². The highest BCUT2D eigenvalue weighted by atomic mass is 32.2. The van der Waals surface area contributed by atoms with E-state index in [4.69, 9.17) is 5.73 Å². The Hall–Kier alpha value is -2.97. The first-order chi connectivity index (χ1) is 12.3. The third-order valence-electron chi connectivity index (χ3n) is 3.46. The summed E-state index contributed by atoms with van der Waals surface area (Å²) in [5.74, 6) is -1.15. The topological polar surface area (TPSA) is 110 Å². The van der Waals surface area contributed by atoms with Gasteiger partial charge in [0.05, 0.1) is 6.54 Å². The maximum atomic E-state index is 12.2. The van der Waals surface area contributed by atoms with Gasteiger partial charge in [-0.3, -0.25) is 9.59 Å². The van der Waals surface area contributed by atoms with Crippen LogP contribution >= 0.6 is 0 Å². The second-order valence-electron chi connectivity index (χ2n) is 5.51. The monoisotopic (exact) mass is 373 g/mol. The molecule has 0 saturated carbocycles. The molecule has 0 aliphatic rings. The summed E-state index contributed by atoms with van der Waals surface area (Å²) in [6.45, 7) is -0.373. The summed E-state index contributed by atoms with van der Waals surface area (Å²) in [5.41, 5.74) is 6.52. The van der Waals surface area contributed by atoms with Crippen LogP contribution in [0.2, 0.25) is 0 Å². The molecule has 0 radical (unpaired) electrons. The SMILES string of the molecule is CN(CC(=O)Nc1cccc(C(N)=O)c1)S(=O)(=O)C=Cc1ccccc1. The summed E-state index contributed by atoms with van der Waals surface area (Å²) in [4.78, 5) is 23.2. The average molecular weight is 373 g/mol. The Morgan fingerprint density at radius 3 is 2.46 bits per heavy atom. The van der Waals surface area contributed by atoms with E-state index in [0.29, 0.717) is 5.69 Å². The van der Waals surface area contributed by atoms with Crippen LogP contribution in [0.15, 0.2) is 60.0 Å². The standard InChI is InChI=1S/C18H19N3O4S/c1-21(26(24,25)11-10-14-6-3-2-4-7-14)13-17(22)20-16-9-5-8-15(12-16)18(19)23/h2-12H,13H2,1H3,(H2,19,23)(H,20,22). The van der Waals surface area contributed by atoms with E-state index in [-0.39, 0.29) is 12.1 Å². The normalized spacial score (nSPS) is 11.6. The largest absolute Gasteiger partial charge is 0.366 e. The lowest BCUT2D eigenvalue weighted by Crippen LogP contribution is -2.33. The summed E-state index contributed by atoms with van der Waals surface area (Å²) in [5, 5.41) is 3.58. The van der Waals surface area contributed by atoms with Gasteiger partial charge in [-0.1, -0.05) is 36.4 Å². The number of primary amides is 1. The number of benzene rings is 2. The number of nitrogens with two attached hydrogens (primary N) is 1. The van der Waals surface area contributed by atoms with Gasteiger partial charge in [-0.15, -0.1) is 0 Å². The number of hydrogen-bond acceptors (Lipinski definition) is 4. The van der Waals surface area contributed by atoms with Crippen LogP contribution in [0.25, 0.3) is 6.08 Å². The fraction of sp³-hybridized carbons (Fsp3) is 0.111. The van der Waals surface area contributed by atoms with Crippen LogP contribution < -0.4 is 11.1 Å². The molecule has 2 rings (SSSR count). The number of amides is 2. The first kappa shape index (κ1) is 19.4. The Balaban J connectivity index is 2.00. The molecule has 0 unspecified atom stereocenters. The van der Waals surface area contributed by atoms with Crippen LogP contribution in [0.3, 0.4) is 0 Å². The minimum Gasteiger partial charge on any atom is -0.366 e. The minimum atomic E-state index is -3.75. The van der Waals surface area contributed by atoms with Crippen molar-refractivity contribution in [3.05, 3.63) is 71.1 Å². The van der Waals surface area contributed by atoms with E-state index < -0.39 is 21.8 Å². The van der Waals surface area contributed by atoms with Gasteiger partial charge in [0.15, 0.2) is 0 Å². The van der Waals surface area contributed by atoms with Gasteiger partial charge in [0.1, 0.15) is 0 Å². The van der Waals surface area contributed by atoms with Crippen molar-refractivity contribution in [2.45, 2.75) is 0 Å². The van der Waals surface area contributed by atoms with E-state index in [9.17, 15) is 18.0 Å². The smallest absolute Gasteiger partial charge is 0.248 e. The predicted octanol–water partition coefficient (Wildman–Crippen LogP) is 1.66. The molecule has 0 bridgehead atoms. The second-order valence-corrected chi connectivity index (χ2v) is 7.43. The molecule has 26 heavy (non-hydrogen) atoms. The molecule has 0 saturated heterocycles. The molecule has 0 aromatic heterocycles. The maximum Gasteiger partial charge on any atom is 0.248 e. The van der Waals surface area contributed by atoms with Gasteiger partial charge < -0.3 is 11.1 Å². The van der Waals surface area contributed by atoms with Crippen LogP contribution in [-0.2, 0) is 14.8 Å². The molecule has 7 nitrogen and oxygen atoms in total. The number of anilines is 1. The lowest BCUT2D eigenvalue weighted by Gasteiger charge is -2.14. The molecular formula is C18H19N3O4S. The molecule has 0 fully saturated rings. The molecule has 0 aliphatic heterocycles. The van der Waals surface area contributed by atoms with Crippen LogP contribution in [-0.4, -0.2) is 38.1 Å². The number of nitrogens with zero attached hydrogens (tertiary/aromatic N) is 1. The van der Waals surface area contributed by atoms with Crippen molar-refractivity contribution in [1.82, 2.24) is 4.31 Å². The second kappa shape index (κ2) is 8.41. The first-order valence-corrected chi connectivity index (χ1v) is 9.17. The number of carbonyl (C=O) groups is 2. The van der Waals surface area contributed by atoms with Gasteiger partial charge in [0, 0.05) is 23.7 Å². The molecule has 2 aromatic carbocycles. The van der Waals surface area contributed by atoms with Crippen LogP contribution in [0, 0.1) is 0 Å². The van der Waals surface area contributed by atoms with Crippen molar-refractivity contribution in [2.24, 2.45) is 5.73 Å².